The van der Waals surface area contributed by atoms with Crippen molar-refractivity contribution in [3.8, 4) is 0 Å². The zero-order valence-corrected chi connectivity index (χ0v) is 12.0. The summed E-state index contributed by atoms with van der Waals surface area (Å²) in [7, 11) is 0. The Balaban J connectivity index is 1.89. The molecule has 0 amide bonds. The van der Waals surface area contributed by atoms with Crippen molar-refractivity contribution in [1.29, 1.82) is 0 Å². The first-order valence-electron chi connectivity index (χ1n) is 7.01. The molecule has 2 aromatic rings. The van der Waals surface area contributed by atoms with Gasteiger partial charge in [0.1, 0.15) is 16.8 Å². The van der Waals surface area contributed by atoms with E-state index < -0.39 is 0 Å². The summed E-state index contributed by atoms with van der Waals surface area (Å²) in [6.45, 7) is 0. The molecule has 0 N–H and O–H groups in total. The molecule has 0 spiro atoms. The van der Waals surface area contributed by atoms with Gasteiger partial charge in [-0.3, -0.25) is 0 Å². The van der Waals surface area contributed by atoms with E-state index in [4.69, 9.17) is 11.6 Å². The molecule has 20 heavy (non-hydrogen) atoms. The number of fused-ring (bicyclic) bond motifs is 1. The smallest absolute Gasteiger partial charge is 0.136 e. The van der Waals surface area contributed by atoms with Crippen LogP contribution in [0.1, 0.15) is 41.9 Å². The second-order valence-electron chi connectivity index (χ2n) is 5.22. The van der Waals surface area contributed by atoms with E-state index >= 15 is 0 Å². The Labute approximate surface area is 123 Å². The third kappa shape index (κ3) is 2.98. The highest BCUT2D eigenvalue weighted by atomic mass is 35.5. The van der Waals surface area contributed by atoms with Crippen LogP contribution < -0.4 is 0 Å². The predicted molar refractivity (Wildman–Crippen MR) is 77.5 cm³/mol. The molecule has 4 heteroatoms. The number of hydrogen-bond donors (Lipinski definition) is 0. The van der Waals surface area contributed by atoms with Crippen molar-refractivity contribution in [1.82, 2.24) is 9.97 Å². The predicted octanol–water partition coefficient (Wildman–Crippen LogP) is 4.13. The lowest BCUT2D eigenvalue weighted by atomic mass is 10.1. The van der Waals surface area contributed by atoms with Crippen LogP contribution in [0.3, 0.4) is 0 Å². The van der Waals surface area contributed by atoms with Crippen molar-refractivity contribution in [3.63, 3.8) is 0 Å². The van der Waals surface area contributed by atoms with Crippen molar-refractivity contribution in [2.75, 3.05) is 0 Å². The maximum absolute atomic E-state index is 12.9. The van der Waals surface area contributed by atoms with Crippen LogP contribution in [0.15, 0.2) is 24.3 Å². The minimum absolute atomic E-state index is 0.227. The fourth-order valence-electron chi connectivity index (χ4n) is 2.64. The van der Waals surface area contributed by atoms with E-state index in [-0.39, 0.29) is 5.82 Å². The molecular formula is C16H16ClFN2. The number of halogens is 2. The van der Waals surface area contributed by atoms with E-state index in [2.05, 4.69) is 9.97 Å². The third-order valence-electron chi connectivity index (χ3n) is 3.70. The number of rotatable bonds is 2. The van der Waals surface area contributed by atoms with E-state index in [0.29, 0.717) is 11.6 Å². The van der Waals surface area contributed by atoms with Crippen LogP contribution in [-0.2, 0) is 19.3 Å². The Hall–Kier alpha value is -1.48. The summed E-state index contributed by atoms with van der Waals surface area (Å²) in [5, 5.41) is 0.592. The summed E-state index contributed by atoms with van der Waals surface area (Å²) < 4.78 is 12.9. The maximum Gasteiger partial charge on any atom is 0.136 e. The molecule has 0 fully saturated rings. The minimum atomic E-state index is -0.227. The molecule has 0 bridgehead atoms. The van der Waals surface area contributed by atoms with Crippen molar-refractivity contribution >= 4 is 11.6 Å². The van der Waals surface area contributed by atoms with Crippen molar-refractivity contribution in [2.45, 2.75) is 38.5 Å². The van der Waals surface area contributed by atoms with Gasteiger partial charge in [0.05, 0.1) is 0 Å². The Kier molecular flexibility index (Phi) is 3.97. The normalized spacial score (nSPS) is 14.7. The molecule has 1 aliphatic carbocycles. The lowest BCUT2D eigenvalue weighted by Crippen LogP contribution is -2.05. The average molecular weight is 291 g/mol. The van der Waals surface area contributed by atoms with Crippen LogP contribution in [0.25, 0.3) is 0 Å². The lowest BCUT2D eigenvalue weighted by molar-refractivity contribution is 0.627. The molecule has 1 aromatic carbocycles. The maximum atomic E-state index is 12.9. The van der Waals surface area contributed by atoms with Crippen LogP contribution in [0.5, 0.6) is 0 Å². The molecule has 1 aromatic heterocycles. The summed E-state index contributed by atoms with van der Waals surface area (Å²) in [5.41, 5.74) is 3.21. The van der Waals surface area contributed by atoms with Gasteiger partial charge in [-0.1, -0.05) is 30.2 Å². The van der Waals surface area contributed by atoms with Crippen molar-refractivity contribution < 1.29 is 4.39 Å². The van der Waals surface area contributed by atoms with Gasteiger partial charge in [0.15, 0.2) is 0 Å². The minimum Gasteiger partial charge on any atom is -0.237 e. The van der Waals surface area contributed by atoms with Crippen LogP contribution in [-0.4, -0.2) is 9.97 Å². The molecule has 0 radical (unpaired) electrons. The molecule has 0 saturated carbocycles. The number of aromatic nitrogens is 2. The molecule has 0 unspecified atom stereocenters. The molecule has 1 heterocycles. The first-order valence-corrected chi connectivity index (χ1v) is 7.39. The summed E-state index contributed by atoms with van der Waals surface area (Å²) in [5.74, 6) is 0.497. The van der Waals surface area contributed by atoms with Gasteiger partial charge in [-0.2, -0.15) is 0 Å². The van der Waals surface area contributed by atoms with Gasteiger partial charge in [-0.15, -0.1) is 0 Å². The monoisotopic (exact) mass is 290 g/mol. The number of aryl methyl sites for hydroxylation is 1. The standard InChI is InChI=1S/C16H16ClFN2/c17-16-13-4-2-1-3-5-14(13)19-15(20-16)10-11-6-8-12(18)9-7-11/h6-9H,1-5,10H2. The Morgan fingerprint density at radius 2 is 1.75 bits per heavy atom. The fraction of sp³-hybridized carbons (Fsp3) is 0.375. The average Bonchev–Trinajstić information content (AvgIpc) is 2.67. The Morgan fingerprint density at radius 1 is 1.00 bits per heavy atom. The van der Waals surface area contributed by atoms with Crippen LogP contribution >= 0.6 is 11.6 Å². The molecule has 1 aliphatic rings. The highest BCUT2D eigenvalue weighted by Gasteiger charge is 2.15. The third-order valence-corrected chi connectivity index (χ3v) is 4.02. The Morgan fingerprint density at radius 3 is 2.55 bits per heavy atom. The number of hydrogen-bond acceptors (Lipinski definition) is 2. The highest BCUT2D eigenvalue weighted by Crippen LogP contribution is 2.25. The van der Waals surface area contributed by atoms with Gasteiger partial charge in [0, 0.05) is 17.7 Å². The van der Waals surface area contributed by atoms with Crippen molar-refractivity contribution in [3.05, 3.63) is 57.9 Å². The van der Waals surface area contributed by atoms with Gasteiger partial charge in [0.25, 0.3) is 0 Å². The molecule has 0 saturated heterocycles. The molecule has 104 valence electrons. The van der Waals surface area contributed by atoms with Crippen molar-refractivity contribution in [2.24, 2.45) is 0 Å². The second kappa shape index (κ2) is 5.88. The topological polar surface area (TPSA) is 25.8 Å². The highest BCUT2D eigenvalue weighted by molar-refractivity contribution is 6.30. The molecule has 3 rings (SSSR count). The van der Waals surface area contributed by atoms with E-state index in [9.17, 15) is 4.39 Å². The number of benzene rings is 1. The summed E-state index contributed by atoms with van der Waals surface area (Å²) in [4.78, 5) is 9.07. The largest absolute Gasteiger partial charge is 0.237 e. The van der Waals surface area contributed by atoms with Gasteiger partial charge >= 0.3 is 0 Å². The van der Waals surface area contributed by atoms with E-state index in [0.717, 1.165) is 48.3 Å². The zero-order chi connectivity index (χ0) is 13.9. The first kappa shape index (κ1) is 13.5. The summed E-state index contributed by atoms with van der Waals surface area (Å²) in [6.07, 6.45) is 6.09. The van der Waals surface area contributed by atoms with Crippen LogP contribution in [0, 0.1) is 5.82 Å². The molecule has 2 nitrogen and oxygen atoms in total. The Bertz CT molecular complexity index is 611. The van der Waals surface area contributed by atoms with E-state index in [1.807, 2.05) is 0 Å². The molecular weight excluding hydrogens is 275 g/mol. The molecule has 0 atom stereocenters. The SMILES string of the molecule is Fc1ccc(Cc2nc(Cl)c3c(n2)CCCCC3)cc1. The van der Waals surface area contributed by atoms with Gasteiger partial charge in [-0.25, -0.2) is 14.4 Å². The van der Waals surface area contributed by atoms with Gasteiger partial charge in [-0.05, 0) is 43.4 Å². The summed E-state index contributed by atoms with van der Waals surface area (Å²) in [6, 6.07) is 6.44. The number of nitrogens with zero attached hydrogens (tertiary/aromatic N) is 2. The summed E-state index contributed by atoms with van der Waals surface area (Å²) >= 11 is 6.30. The second-order valence-corrected chi connectivity index (χ2v) is 5.58. The lowest BCUT2D eigenvalue weighted by Gasteiger charge is -2.09. The molecule has 0 aliphatic heterocycles. The van der Waals surface area contributed by atoms with E-state index in [1.165, 1.54) is 18.6 Å². The van der Waals surface area contributed by atoms with Crippen LogP contribution in [0.2, 0.25) is 5.15 Å². The van der Waals surface area contributed by atoms with E-state index in [1.54, 1.807) is 12.1 Å². The fourth-order valence-corrected chi connectivity index (χ4v) is 2.94. The van der Waals surface area contributed by atoms with Gasteiger partial charge < -0.3 is 0 Å². The quantitative estimate of drug-likeness (QED) is 0.614. The van der Waals surface area contributed by atoms with Gasteiger partial charge in [0.2, 0.25) is 0 Å². The van der Waals surface area contributed by atoms with Crippen LogP contribution in [0.4, 0.5) is 4.39 Å². The first-order chi connectivity index (χ1) is 9.72. The zero-order valence-electron chi connectivity index (χ0n) is 11.2.